The topological polar surface area (TPSA) is 70.1 Å². The average molecular weight is 515 g/mol. The number of ether oxygens (including phenoxy) is 1. The molecule has 2 heterocycles. The summed E-state index contributed by atoms with van der Waals surface area (Å²) in [6.07, 6.45) is -1.86. The first-order chi connectivity index (χ1) is 17.2. The van der Waals surface area contributed by atoms with E-state index in [0.29, 0.717) is 18.7 Å². The van der Waals surface area contributed by atoms with Crippen molar-refractivity contribution in [3.63, 3.8) is 0 Å². The number of alkyl halides is 2. The summed E-state index contributed by atoms with van der Waals surface area (Å²) in [7, 11) is 0. The van der Waals surface area contributed by atoms with Gasteiger partial charge in [-0.05, 0) is 74.9 Å². The van der Waals surface area contributed by atoms with Crippen molar-refractivity contribution in [1.82, 2.24) is 9.80 Å². The van der Waals surface area contributed by atoms with Gasteiger partial charge in [0.05, 0.1) is 5.60 Å². The van der Waals surface area contributed by atoms with E-state index in [1.165, 1.54) is 4.90 Å². The van der Waals surface area contributed by atoms with Crippen LogP contribution in [0.5, 0.6) is 0 Å². The van der Waals surface area contributed by atoms with E-state index in [1.54, 1.807) is 4.90 Å². The molecule has 0 spiro atoms. The maximum absolute atomic E-state index is 13.7. The van der Waals surface area contributed by atoms with E-state index < -0.39 is 23.6 Å². The molecule has 2 amide bonds. The molecule has 1 atom stereocenters. The van der Waals surface area contributed by atoms with Gasteiger partial charge in [-0.25, -0.2) is 18.4 Å². The molecule has 200 valence electrons. The summed E-state index contributed by atoms with van der Waals surface area (Å²) in [6, 6.07) is 7.68. The highest BCUT2D eigenvalue weighted by Gasteiger charge is 2.40. The van der Waals surface area contributed by atoms with E-state index in [1.807, 2.05) is 65.8 Å². The summed E-state index contributed by atoms with van der Waals surface area (Å²) in [5.74, 6) is -3.81. The second-order valence-corrected chi connectivity index (χ2v) is 11.3. The van der Waals surface area contributed by atoms with Crippen molar-refractivity contribution in [2.45, 2.75) is 85.1 Å². The minimum absolute atomic E-state index is 0.0248. The molecular weight excluding hydrogens is 478 g/mol. The number of hydrogen-bond acceptors (Lipinski definition) is 3. The number of nitrogens with zero attached hydrogens (tertiary/aromatic N) is 2. The zero-order chi connectivity index (χ0) is 27.3. The lowest BCUT2D eigenvalue weighted by Crippen LogP contribution is -2.47. The van der Waals surface area contributed by atoms with Crippen molar-refractivity contribution >= 4 is 12.0 Å². The summed E-state index contributed by atoms with van der Waals surface area (Å²) in [5.41, 5.74) is 6.24. The molecular formula is C29H36F2N2O4. The fourth-order valence-corrected chi connectivity index (χ4v) is 5.39. The van der Waals surface area contributed by atoms with Gasteiger partial charge in [-0.3, -0.25) is 0 Å². The molecule has 0 aromatic heterocycles. The van der Waals surface area contributed by atoms with E-state index in [9.17, 15) is 23.5 Å². The Morgan fingerprint density at radius 2 is 1.49 bits per heavy atom. The summed E-state index contributed by atoms with van der Waals surface area (Å²) >= 11 is 0. The number of halogens is 2. The highest BCUT2D eigenvalue weighted by Crippen LogP contribution is 2.44. The predicted octanol–water partition coefficient (Wildman–Crippen LogP) is 6.39. The Hall–Kier alpha value is -3.00. The number of amides is 2. The van der Waals surface area contributed by atoms with Gasteiger partial charge in [0, 0.05) is 44.6 Å². The highest BCUT2D eigenvalue weighted by atomic mass is 19.3. The van der Waals surface area contributed by atoms with Crippen LogP contribution in [0.4, 0.5) is 13.6 Å². The summed E-state index contributed by atoms with van der Waals surface area (Å²) in [6.45, 7) is 12.0. The van der Waals surface area contributed by atoms with Gasteiger partial charge < -0.3 is 19.6 Å². The van der Waals surface area contributed by atoms with Crippen LogP contribution in [0.1, 0.15) is 73.1 Å². The predicted molar refractivity (Wildman–Crippen MR) is 138 cm³/mol. The first-order valence-corrected chi connectivity index (χ1v) is 12.7. The Kier molecular flexibility index (Phi) is 7.10. The van der Waals surface area contributed by atoms with Crippen LogP contribution < -0.4 is 0 Å². The number of carbonyl (C=O) groups excluding carboxylic acids is 1. The molecule has 2 aromatic carbocycles. The van der Waals surface area contributed by atoms with Crippen LogP contribution >= 0.6 is 0 Å². The number of rotatable bonds is 4. The Balaban J connectivity index is 1.80. The first kappa shape index (κ1) is 27.0. The molecule has 0 saturated carbocycles. The number of aliphatic carboxylic acids is 1. The molecule has 2 aliphatic heterocycles. The molecule has 1 unspecified atom stereocenters. The molecule has 0 radical (unpaired) electrons. The largest absolute Gasteiger partial charge is 0.479 e. The van der Waals surface area contributed by atoms with E-state index in [4.69, 9.17) is 4.74 Å². The van der Waals surface area contributed by atoms with E-state index >= 15 is 0 Å². The minimum Gasteiger partial charge on any atom is -0.479 e. The van der Waals surface area contributed by atoms with Gasteiger partial charge in [0.25, 0.3) is 5.92 Å². The van der Waals surface area contributed by atoms with Crippen LogP contribution in [-0.4, -0.2) is 51.5 Å². The van der Waals surface area contributed by atoms with Gasteiger partial charge in [0.15, 0.2) is 6.10 Å². The maximum Gasteiger partial charge on any atom is 0.337 e. The highest BCUT2D eigenvalue weighted by molar-refractivity contribution is 5.85. The van der Waals surface area contributed by atoms with Gasteiger partial charge in [-0.15, -0.1) is 0 Å². The van der Waals surface area contributed by atoms with Crippen molar-refractivity contribution in [3.8, 4) is 11.1 Å². The Labute approximate surface area is 217 Å². The average Bonchev–Trinajstić information content (AvgIpc) is 3.26. The summed E-state index contributed by atoms with van der Waals surface area (Å²) in [5, 5.41) is 10.3. The second kappa shape index (κ2) is 9.71. The summed E-state index contributed by atoms with van der Waals surface area (Å²) < 4.78 is 33.4. The lowest BCUT2D eigenvalue weighted by atomic mass is 9.83. The van der Waals surface area contributed by atoms with Crippen LogP contribution in [0.2, 0.25) is 0 Å². The number of carbonyl (C=O) groups is 2. The first-order valence-electron chi connectivity index (χ1n) is 12.7. The lowest BCUT2D eigenvalue weighted by Gasteiger charge is -2.34. The monoisotopic (exact) mass is 514 g/mol. The number of hydrogen-bond donors (Lipinski definition) is 1. The minimum atomic E-state index is -2.73. The zero-order valence-corrected chi connectivity index (χ0v) is 22.5. The fourth-order valence-electron chi connectivity index (χ4n) is 5.39. The van der Waals surface area contributed by atoms with Gasteiger partial charge in [0.2, 0.25) is 0 Å². The van der Waals surface area contributed by atoms with Crippen molar-refractivity contribution in [3.05, 3.63) is 57.6 Å². The van der Waals surface area contributed by atoms with Gasteiger partial charge in [-0.2, -0.15) is 0 Å². The van der Waals surface area contributed by atoms with Crippen LogP contribution in [0.15, 0.2) is 24.3 Å². The number of fused-ring (bicyclic) bond motifs is 1. The van der Waals surface area contributed by atoms with Gasteiger partial charge in [-0.1, -0.05) is 29.8 Å². The van der Waals surface area contributed by atoms with Crippen molar-refractivity contribution in [2.24, 2.45) is 0 Å². The van der Waals surface area contributed by atoms with Crippen LogP contribution in [0.25, 0.3) is 11.1 Å². The third-order valence-electron chi connectivity index (χ3n) is 7.35. The summed E-state index contributed by atoms with van der Waals surface area (Å²) in [4.78, 5) is 29.0. The number of benzene rings is 2. The maximum atomic E-state index is 13.7. The van der Waals surface area contributed by atoms with Crippen molar-refractivity contribution in [1.29, 1.82) is 0 Å². The number of piperidine rings is 1. The third kappa shape index (κ3) is 5.49. The van der Waals surface area contributed by atoms with E-state index in [-0.39, 0.29) is 32.0 Å². The molecule has 0 aliphatic carbocycles. The Morgan fingerprint density at radius 3 is 2.00 bits per heavy atom. The molecule has 0 bridgehead atoms. The number of urea groups is 1. The quantitative estimate of drug-likeness (QED) is 0.514. The van der Waals surface area contributed by atoms with E-state index in [2.05, 4.69) is 0 Å². The molecule has 37 heavy (non-hydrogen) atoms. The number of likely N-dealkylation sites (tertiary alicyclic amines) is 1. The second-order valence-electron chi connectivity index (χ2n) is 11.3. The number of carboxylic acids is 1. The molecule has 1 saturated heterocycles. The number of carboxylic acid groups (broad SMARTS) is 1. The molecule has 6 nitrogen and oxygen atoms in total. The standard InChI is InChI=1S/C29H36F2N2O4/c1-17-7-9-20(10-8-17)23-18(2)21-15-33(27(36)32-13-11-29(30,31)12-14-32)16-22(21)19(3)24(23)25(26(34)35)37-28(4,5)6/h7-10,25H,11-16H2,1-6H3,(H,34,35). The molecule has 2 aliphatic rings. The fraction of sp³-hybridized carbons (Fsp3) is 0.517. The third-order valence-corrected chi connectivity index (χ3v) is 7.35. The Bertz CT molecular complexity index is 1210. The smallest absolute Gasteiger partial charge is 0.337 e. The van der Waals surface area contributed by atoms with Crippen molar-refractivity contribution < 1.29 is 28.2 Å². The normalized spacial score (nSPS) is 18.1. The SMILES string of the molecule is Cc1ccc(-c2c(C)c3c(c(C)c2C(OC(C)(C)C)C(=O)O)CN(C(=O)N2CCC(F)(F)CC2)C3)cc1. The van der Waals surface area contributed by atoms with E-state index in [0.717, 1.165) is 38.9 Å². The van der Waals surface area contributed by atoms with Gasteiger partial charge >= 0.3 is 12.0 Å². The molecule has 1 N–H and O–H groups in total. The van der Waals surface area contributed by atoms with Crippen molar-refractivity contribution in [2.75, 3.05) is 13.1 Å². The Morgan fingerprint density at radius 1 is 0.946 bits per heavy atom. The molecule has 2 aromatic rings. The zero-order valence-electron chi connectivity index (χ0n) is 22.5. The van der Waals surface area contributed by atoms with Crippen LogP contribution in [0.3, 0.4) is 0 Å². The van der Waals surface area contributed by atoms with Crippen LogP contribution in [0, 0.1) is 20.8 Å². The van der Waals surface area contributed by atoms with Gasteiger partial charge in [0.1, 0.15) is 0 Å². The molecule has 8 heteroatoms. The van der Waals surface area contributed by atoms with Crippen LogP contribution in [-0.2, 0) is 22.6 Å². The lowest BCUT2D eigenvalue weighted by molar-refractivity contribution is -0.160. The molecule has 1 fully saturated rings. The molecule has 4 rings (SSSR count). The number of aryl methyl sites for hydroxylation is 1.